The van der Waals surface area contributed by atoms with Crippen LogP contribution in [-0.2, 0) is 0 Å². The number of halogens is 1. The summed E-state index contributed by atoms with van der Waals surface area (Å²) in [5.41, 5.74) is 1.98. The number of benzene rings is 1. The molecule has 3 nitrogen and oxygen atoms in total. The fraction of sp³-hybridized carbons (Fsp3) is 0.0769. The highest BCUT2D eigenvalue weighted by Crippen LogP contribution is 2.24. The topological polar surface area (TPSA) is 30.7 Å². The molecule has 2 heterocycles. The van der Waals surface area contributed by atoms with Crippen molar-refractivity contribution < 1.29 is 0 Å². The van der Waals surface area contributed by atoms with Crippen molar-refractivity contribution in [1.82, 2.24) is 14.5 Å². The van der Waals surface area contributed by atoms with Gasteiger partial charge in [-0.1, -0.05) is 11.6 Å². The molecule has 0 amide bonds. The Bertz CT molecular complexity index is 688. The molecular formula is C13H10ClN3. The number of imidazole rings is 1. The van der Waals surface area contributed by atoms with Crippen molar-refractivity contribution >= 4 is 22.5 Å². The van der Waals surface area contributed by atoms with Gasteiger partial charge in [0, 0.05) is 29.0 Å². The number of hydrogen-bond donors (Lipinski definition) is 0. The molecular weight excluding hydrogens is 234 g/mol. The molecule has 3 aromatic rings. The Morgan fingerprint density at radius 1 is 1.12 bits per heavy atom. The molecule has 1 aromatic carbocycles. The maximum atomic E-state index is 6.04. The van der Waals surface area contributed by atoms with Gasteiger partial charge in [-0.3, -0.25) is 4.98 Å². The van der Waals surface area contributed by atoms with Gasteiger partial charge < -0.3 is 4.57 Å². The van der Waals surface area contributed by atoms with E-state index in [-0.39, 0.29) is 0 Å². The second-order valence-corrected chi connectivity index (χ2v) is 4.27. The van der Waals surface area contributed by atoms with Crippen LogP contribution >= 0.6 is 11.6 Å². The Hall–Kier alpha value is -1.87. The number of fused-ring (bicyclic) bond motifs is 1. The summed E-state index contributed by atoms with van der Waals surface area (Å²) in [7, 11) is 0. The predicted molar refractivity (Wildman–Crippen MR) is 68.6 cm³/mol. The molecule has 0 aliphatic heterocycles. The third kappa shape index (κ3) is 1.68. The summed E-state index contributed by atoms with van der Waals surface area (Å²) in [6.07, 6.45) is 5.52. The molecule has 4 heteroatoms. The van der Waals surface area contributed by atoms with Crippen LogP contribution in [0.1, 0.15) is 5.82 Å². The number of pyridine rings is 1. The quantitative estimate of drug-likeness (QED) is 0.656. The average molecular weight is 244 g/mol. The Labute approximate surface area is 104 Å². The largest absolute Gasteiger partial charge is 0.303 e. The number of aryl methyl sites for hydroxylation is 1. The molecule has 0 unspecified atom stereocenters. The maximum absolute atomic E-state index is 6.04. The van der Waals surface area contributed by atoms with E-state index in [4.69, 9.17) is 11.6 Å². The molecule has 0 spiro atoms. The lowest BCUT2D eigenvalue weighted by Gasteiger charge is -2.08. The van der Waals surface area contributed by atoms with E-state index in [0.29, 0.717) is 5.02 Å². The molecule has 0 aliphatic carbocycles. The van der Waals surface area contributed by atoms with E-state index in [9.17, 15) is 0 Å². The van der Waals surface area contributed by atoms with Gasteiger partial charge in [-0.25, -0.2) is 4.98 Å². The van der Waals surface area contributed by atoms with E-state index in [1.807, 2.05) is 42.0 Å². The van der Waals surface area contributed by atoms with Crippen molar-refractivity contribution in [1.29, 1.82) is 0 Å². The van der Waals surface area contributed by atoms with Gasteiger partial charge in [-0.05, 0) is 31.2 Å². The van der Waals surface area contributed by atoms with Crippen molar-refractivity contribution in [3.8, 4) is 5.69 Å². The van der Waals surface area contributed by atoms with E-state index in [1.54, 1.807) is 12.4 Å². The summed E-state index contributed by atoms with van der Waals surface area (Å²) in [6, 6.07) is 7.67. The zero-order valence-electron chi connectivity index (χ0n) is 9.26. The summed E-state index contributed by atoms with van der Waals surface area (Å²) < 4.78 is 2.03. The second kappa shape index (κ2) is 3.86. The van der Waals surface area contributed by atoms with Crippen LogP contribution in [0, 0.1) is 6.92 Å². The predicted octanol–water partition coefficient (Wildman–Crippen LogP) is 3.38. The van der Waals surface area contributed by atoms with Gasteiger partial charge in [0.25, 0.3) is 0 Å². The standard InChI is InChI=1S/C13H10ClN3/c1-9-15-6-7-17(9)13-4-5-16-12-3-2-10(14)8-11(12)13/h2-8H,1H3. The summed E-state index contributed by atoms with van der Waals surface area (Å²) >= 11 is 6.04. The molecule has 0 fully saturated rings. The Morgan fingerprint density at radius 2 is 2.00 bits per heavy atom. The van der Waals surface area contributed by atoms with Gasteiger partial charge >= 0.3 is 0 Å². The van der Waals surface area contributed by atoms with E-state index in [0.717, 1.165) is 22.4 Å². The summed E-state index contributed by atoms with van der Waals surface area (Å²) in [6.45, 7) is 1.97. The average Bonchev–Trinajstić information content (AvgIpc) is 2.74. The van der Waals surface area contributed by atoms with Crippen molar-refractivity contribution in [2.75, 3.05) is 0 Å². The van der Waals surface area contributed by atoms with Crippen LogP contribution in [0.25, 0.3) is 16.6 Å². The minimum Gasteiger partial charge on any atom is -0.303 e. The zero-order valence-corrected chi connectivity index (χ0v) is 10.0. The highest BCUT2D eigenvalue weighted by atomic mass is 35.5. The third-order valence-corrected chi connectivity index (χ3v) is 3.00. The molecule has 0 aliphatic rings. The van der Waals surface area contributed by atoms with E-state index in [1.165, 1.54) is 0 Å². The molecule has 2 aromatic heterocycles. The zero-order chi connectivity index (χ0) is 11.8. The van der Waals surface area contributed by atoms with Crippen LogP contribution in [-0.4, -0.2) is 14.5 Å². The first-order chi connectivity index (χ1) is 8.25. The number of hydrogen-bond acceptors (Lipinski definition) is 2. The van der Waals surface area contributed by atoms with Gasteiger partial charge in [0.1, 0.15) is 5.82 Å². The van der Waals surface area contributed by atoms with E-state index >= 15 is 0 Å². The van der Waals surface area contributed by atoms with Gasteiger partial charge in [-0.2, -0.15) is 0 Å². The lowest BCUT2D eigenvalue weighted by Crippen LogP contribution is -1.97. The molecule has 0 bridgehead atoms. The summed E-state index contributed by atoms with van der Waals surface area (Å²) in [4.78, 5) is 8.56. The number of nitrogens with zero attached hydrogens (tertiary/aromatic N) is 3. The SMILES string of the molecule is Cc1nccn1-c1ccnc2ccc(Cl)cc12. The molecule has 0 N–H and O–H groups in total. The summed E-state index contributed by atoms with van der Waals surface area (Å²) in [5.74, 6) is 0.942. The van der Waals surface area contributed by atoms with E-state index < -0.39 is 0 Å². The number of rotatable bonds is 1. The Kier molecular flexibility index (Phi) is 2.34. The molecule has 84 valence electrons. The van der Waals surface area contributed by atoms with Gasteiger partial charge in [-0.15, -0.1) is 0 Å². The highest BCUT2D eigenvalue weighted by Gasteiger charge is 2.06. The number of aromatic nitrogens is 3. The van der Waals surface area contributed by atoms with Gasteiger partial charge in [0.2, 0.25) is 0 Å². The first kappa shape index (κ1) is 10.3. The minimum atomic E-state index is 0.713. The van der Waals surface area contributed by atoms with E-state index in [2.05, 4.69) is 9.97 Å². The molecule has 0 atom stereocenters. The summed E-state index contributed by atoms with van der Waals surface area (Å²) in [5, 5.41) is 1.74. The van der Waals surface area contributed by atoms with Crippen LogP contribution < -0.4 is 0 Å². The van der Waals surface area contributed by atoms with Gasteiger partial charge in [0.05, 0.1) is 11.2 Å². The van der Waals surface area contributed by atoms with Crippen LogP contribution in [0.2, 0.25) is 5.02 Å². The monoisotopic (exact) mass is 243 g/mol. The van der Waals surface area contributed by atoms with Crippen LogP contribution in [0.5, 0.6) is 0 Å². The van der Waals surface area contributed by atoms with Crippen molar-refractivity contribution in [2.45, 2.75) is 6.92 Å². The lowest BCUT2D eigenvalue weighted by atomic mass is 10.2. The smallest absolute Gasteiger partial charge is 0.110 e. The molecule has 0 radical (unpaired) electrons. The normalized spacial score (nSPS) is 10.9. The van der Waals surface area contributed by atoms with Crippen LogP contribution in [0.4, 0.5) is 0 Å². The Morgan fingerprint density at radius 3 is 2.76 bits per heavy atom. The fourth-order valence-electron chi connectivity index (χ4n) is 1.95. The first-order valence-corrected chi connectivity index (χ1v) is 5.68. The van der Waals surface area contributed by atoms with Crippen molar-refractivity contribution in [2.24, 2.45) is 0 Å². The Balaban J connectivity index is 2.37. The first-order valence-electron chi connectivity index (χ1n) is 5.30. The van der Waals surface area contributed by atoms with Crippen LogP contribution in [0.3, 0.4) is 0 Å². The third-order valence-electron chi connectivity index (χ3n) is 2.77. The molecule has 0 saturated carbocycles. The van der Waals surface area contributed by atoms with Crippen molar-refractivity contribution in [3.63, 3.8) is 0 Å². The van der Waals surface area contributed by atoms with Crippen molar-refractivity contribution in [3.05, 3.63) is 53.7 Å². The molecule has 3 rings (SSSR count). The fourth-order valence-corrected chi connectivity index (χ4v) is 2.12. The maximum Gasteiger partial charge on any atom is 0.110 e. The van der Waals surface area contributed by atoms with Gasteiger partial charge in [0.15, 0.2) is 0 Å². The minimum absolute atomic E-state index is 0.713. The highest BCUT2D eigenvalue weighted by molar-refractivity contribution is 6.31. The van der Waals surface area contributed by atoms with Crippen LogP contribution in [0.15, 0.2) is 42.9 Å². The molecule has 17 heavy (non-hydrogen) atoms. The second-order valence-electron chi connectivity index (χ2n) is 3.84. The lowest BCUT2D eigenvalue weighted by molar-refractivity contribution is 0.980. The molecule has 0 saturated heterocycles.